The molecular weight excluding hydrogens is 1170 g/mol. The lowest BCUT2D eigenvalue weighted by Gasteiger charge is -2.25. The van der Waals surface area contributed by atoms with Gasteiger partial charge >= 0.3 is 0 Å². The highest BCUT2D eigenvalue weighted by Crippen LogP contribution is 2.35. The monoisotopic (exact) mass is 1270 g/mol. The van der Waals surface area contributed by atoms with Gasteiger partial charge in [0, 0.05) is 18.6 Å². The van der Waals surface area contributed by atoms with Crippen LogP contribution in [0, 0.1) is 0 Å². The molecule has 1 nitrogen and oxygen atoms in total. The van der Waals surface area contributed by atoms with Crippen molar-refractivity contribution < 1.29 is 0 Å². The zero-order valence-corrected chi connectivity index (χ0v) is 61.4. The molecule has 0 fully saturated rings. The third-order valence-corrected chi connectivity index (χ3v) is 17.8. The zero-order chi connectivity index (χ0) is 69.8. The molecule has 0 unspecified atom stereocenters. The van der Waals surface area contributed by atoms with Crippen LogP contribution < -0.4 is 0 Å². The number of hydrogen-bond acceptors (Lipinski definition) is 1. The van der Waals surface area contributed by atoms with Crippen molar-refractivity contribution in [3.05, 3.63) is 336 Å². The Morgan fingerprint density at radius 3 is 0.392 bits per heavy atom. The molecule has 0 saturated carbocycles. The highest BCUT2D eigenvalue weighted by Gasteiger charge is 2.23. The van der Waals surface area contributed by atoms with E-state index in [4.69, 9.17) is 0 Å². The fourth-order valence-corrected chi connectivity index (χ4v) is 11.0. The van der Waals surface area contributed by atoms with Crippen molar-refractivity contribution in [1.82, 2.24) is 4.90 Å². The van der Waals surface area contributed by atoms with Crippen molar-refractivity contribution in [2.24, 2.45) is 0 Å². The molecule has 0 saturated heterocycles. The lowest BCUT2D eigenvalue weighted by Crippen LogP contribution is -2.16. The van der Waals surface area contributed by atoms with Gasteiger partial charge in [0.1, 0.15) is 0 Å². The first-order valence-corrected chi connectivity index (χ1v) is 34.7. The largest absolute Gasteiger partial charge is 0.331 e. The van der Waals surface area contributed by atoms with E-state index < -0.39 is 0 Å². The lowest BCUT2D eigenvalue weighted by molar-refractivity contribution is 0.568. The number of rotatable bonds is 18. The first-order valence-electron chi connectivity index (χ1n) is 34.7. The highest BCUT2D eigenvalue weighted by atomic mass is 15.1. The average molecular weight is 1270 g/mol. The maximum Gasteiger partial charge on any atom is 0.00879 e. The molecule has 9 rings (SSSR count). The molecule has 0 N–H and O–H groups in total. The molecule has 0 amide bonds. The fourth-order valence-electron chi connectivity index (χ4n) is 11.0. The second-order valence-electron chi connectivity index (χ2n) is 32.4. The molecule has 0 spiro atoms. The topological polar surface area (TPSA) is 3.24 Å². The van der Waals surface area contributed by atoms with Crippen LogP contribution in [0.2, 0.25) is 0 Å². The first-order chi connectivity index (χ1) is 45.7. The van der Waals surface area contributed by atoms with Gasteiger partial charge in [0.15, 0.2) is 0 Å². The Bertz CT molecular complexity index is 3830. The molecule has 0 radical (unpaired) electrons. The Morgan fingerprint density at radius 1 is 0.155 bits per heavy atom. The summed E-state index contributed by atoms with van der Waals surface area (Å²) in [5.74, 6) is 0. The fraction of sp³-hybridized carbons (Fsp3) is 0.250. The van der Waals surface area contributed by atoms with Crippen molar-refractivity contribution >= 4 is 91.1 Å². The van der Waals surface area contributed by atoms with Crippen LogP contribution in [0.25, 0.3) is 91.1 Å². The molecule has 0 aliphatic heterocycles. The van der Waals surface area contributed by atoms with Crippen molar-refractivity contribution in [2.75, 3.05) is 0 Å². The molecule has 0 aromatic heterocycles. The van der Waals surface area contributed by atoms with Crippen molar-refractivity contribution in [3.63, 3.8) is 0 Å². The molecular formula is C96H105N. The van der Waals surface area contributed by atoms with Crippen LogP contribution in [0.15, 0.2) is 219 Å². The van der Waals surface area contributed by atoms with E-state index in [0.717, 1.165) is 50.1 Å². The molecule has 97 heavy (non-hydrogen) atoms. The summed E-state index contributed by atoms with van der Waals surface area (Å²) in [5, 5.41) is 0. The minimum Gasteiger partial charge on any atom is -0.331 e. The van der Waals surface area contributed by atoms with Gasteiger partial charge in [-0.3, -0.25) is 0 Å². The Morgan fingerprint density at radius 2 is 0.268 bits per heavy atom. The van der Waals surface area contributed by atoms with E-state index in [9.17, 15) is 0 Å². The van der Waals surface area contributed by atoms with Crippen LogP contribution in [0.5, 0.6) is 0 Å². The zero-order valence-electron chi connectivity index (χ0n) is 61.4. The first kappa shape index (κ1) is 71.7. The van der Waals surface area contributed by atoms with E-state index in [0.29, 0.717) is 0 Å². The highest BCUT2D eigenvalue weighted by molar-refractivity contribution is 5.77. The summed E-state index contributed by atoms with van der Waals surface area (Å²) in [6.07, 6.45) is 39.4. The normalized spacial score (nSPS) is 13.3. The summed E-state index contributed by atoms with van der Waals surface area (Å²) in [4.78, 5) is 2.12. The van der Waals surface area contributed by atoms with Gasteiger partial charge in [-0.2, -0.15) is 0 Å². The van der Waals surface area contributed by atoms with E-state index in [-0.39, 0.29) is 32.5 Å². The Labute approximate surface area is 585 Å². The lowest BCUT2D eigenvalue weighted by atomic mass is 9.79. The summed E-state index contributed by atoms with van der Waals surface area (Å²) in [6, 6.07) is 73.6. The predicted molar refractivity (Wildman–Crippen MR) is 433 cm³/mol. The van der Waals surface area contributed by atoms with Crippen LogP contribution in [-0.2, 0) is 32.5 Å². The van der Waals surface area contributed by atoms with Crippen LogP contribution >= 0.6 is 0 Å². The van der Waals surface area contributed by atoms with Crippen LogP contribution in [0.3, 0.4) is 0 Å². The quantitative estimate of drug-likeness (QED) is 0.0774. The van der Waals surface area contributed by atoms with Gasteiger partial charge in [0.2, 0.25) is 0 Å². The molecule has 9 aromatic carbocycles. The minimum absolute atomic E-state index is 0.0810. The molecule has 0 bridgehead atoms. The number of nitrogens with zero attached hydrogens (tertiary/aromatic N) is 1. The Hall–Kier alpha value is -9.56. The summed E-state index contributed by atoms with van der Waals surface area (Å²) >= 11 is 0. The Balaban J connectivity index is 0.864. The standard InChI is InChI=1S/C96H105N/c1-91(2,3)85-61-82(62-86(67-85)92(4,5)6)52-49-76-31-25-70(26-32-76)19-22-73-37-43-79(44-38-73)55-58-97(59-56-80-45-39-74(40-46-80)23-20-71-27-33-77(34-28-71)50-53-83-63-87(93(7,8)9)68-88(64-83)94(10,11)12)60-57-81-47-41-75(42-48-81)24-21-72-29-35-78(36-30-72)51-54-84-65-89(95(13,14)15)69-90(66-84)96(16,17)18/h19-69H,1-18H3/b22-19+,23-20+,24-21+,52-49+,53-50+,54-51+,58-55+,59-56+,60-57+. The van der Waals surface area contributed by atoms with Gasteiger partial charge in [0.05, 0.1) is 0 Å². The van der Waals surface area contributed by atoms with E-state index in [1.807, 2.05) is 0 Å². The molecule has 9 aromatic rings. The maximum atomic E-state index is 2.38. The third kappa shape index (κ3) is 22.0. The van der Waals surface area contributed by atoms with Crippen LogP contribution in [0.4, 0.5) is 0 Å². The SMILES string of the molecule is CC(C)(C)c1cc(/C=C/c2ccc(/C=C/c3ccc(/C=C/N(/C=C/c4ccc(/C=C/c5ccc(/C=C/c6cc(C(C)(C)C)cc(C(C)(C)C)c6)cc5)cc4)/C=C/c4ccc(/C=C/c5ccc(/C=C/c6cc(C(C)(C)C)cc(C(C)(C)C)c6)cc5)cc4)cc3)cc2)cc(C(C)(C)C)c1. The minimum atomic E-state index is 0.0810. The van der Waals surface area contributed by atoms with Crippen molar-refractivity contribution in [3.8, 4) is 0 Å². The second-order valence-corrected chi connectivity index (χ2v) is 32.4. The summed E-state index contributed by atoms with van der Waals surface area (Å²) in [6.45, 7) is 41.2. The van der Waals surface area contributed by atoms with E-state index in [1.165, 1.54) is 66.8 Å². The number of hydrogen-bond donors (Lipinski definition) is 0. The van der Waals surface area contributed by atoms with Crippen LogP contribution in [0.1, 0.15) is 241 Å². The van der Waals surface area contributed by atoms with Crippen molar-refractivity contribution in [1.29, 1.82) is 0 Å². The van der Waals surface area contributed by atoms with E-state index in [1.54, 1.807) is 0 Å². The van der Waals surface area contributed by atoms with Gasteiger partial charge in [-0.15, -0.1) is 0 Å². The van der Waals surface area contributed by atoms with Gasteiger partial charge in [-0.1, -0.05) is 398 Å². The van der Waals surface area contributed by atoms with E-state index in [2.05, 4.69) is 439 Å². The van der Waals surface area contributed by atoms with E-state index >= 15 is 0 Å². The predicted octanol–water partition coefficient (Wildman–Crippen LogP) is 27.1. The molecule has 494 valence electrons. The smallest absolute Gasteiger partial charge is 0.00879 e. The molecule has 0 heterocycles. The summed E-state index contributed by atoms with van der Waals surface area (Å²) in [7, 11) is 0. The summed E-state index contributed by atoms with van der Waals surface area (Å²) < 4.78 is 0. The van der Waals surface area contributed by atoms with Crippen LogP contribution in [-0.4, -0.2) is 4.90 Å². The van der Waals surface area contributed by atoms with Crippen molar-refractivity contribution in [2.45, 2.75) is 157 Å². The van der Waals surface area contributed by atoms with Gasteiger partial charge in [-0.05, 0) is 168 Å². The Kier molecular flexibility index (Phi) is 22.7. The molecule has 0 atom stereocenters. The van der Waals surface area contributed by atoms with Gasteiger partial charge in [0.25, 0.3) is 0 Å². The average Bonchev–Trinajstić information content (AvgIpc) is 0.860. The molecule has 0 aliphatic carbocycles. The van der Waals surface area contributed by atoms with Gasteiger partial charge in [-0.25, -0.2) is 0 Å². The molecule has 0 aliphatic rings. The number of benzene rings is 9. The maximum absolute atomic E-state index is 2.38. The molecule has 1 heteroatoms. The summed E-state index contributed by atoms with van der Waals surface area (Å²) in [5.41, 5.74) is 26.2. The third-order valence-electron chi connectivity index (χ3n) is 17.8. The van der Waals surface area contributed by atoms with Gasteiger partial charge < -0.3 is 4.90 Å². The second kappa shape index (κ2) is 30.7.